The summed E-state index contributed by atoms with van der Waals surface area (Å²) in [5.41, 5.74) is 0. The van der Waals surface area contributed by atoms with Crippen LogP contribution in [0.1, 0.15) is 0 Å². The van der Waals surface area contributed by atoms with Crippen molar-refractivity contribution in [2.45, 2.75) is 0 Å². The van der Waals surface area contributed by atoms with Crippen LogP contribution in [0.2, 0.25) is 5.02 Å². The van der Waals surface area contributed by atoms with Crippen molar-refractivity contribution in [3.63, 3.8) is 0 Å². The van der Waals surface area contributed by atoms with Crippen LogP contribution in [0.5, 0.6) is 17.2 Å². The first-order valence-electron chi connectivity index (χ1n) is 7.00. The zero-order chi connectivity index (χ0) is 15.9. The summed E-state index contributed by atoms with van der Waals surface area (Å²) in [6, 6.07) is 26.0. The van der Waals surface area contributed by atoms with Crippen molar-refractivity contribution in [2.24, 2.45) is 0 Å². The Morgan fingerprint density at radius 2 is 1.04 bits per heavy atom. The summed E-state index contributed by atoms with van der Waals surface area (Å²) in [4.78, 5) is 0. The Kier molecular flexibility index (Phi) is 5.36. The van der Waals surface area contributed by atoms with Crippen LogP contribution in [0.25, 0.3) is 0 Å². The Morgan fingerprint density at radius 1 is 0.565 bits per heavy atom. The predicted molar refractivity (Wildman–Crippen MR) is 93.1 cm³/mol. The lowest BCUT2D eigenvalue weighted by Gasteiger charge is -2.18. The van der Waals surface area contributed by atoms with Gasteiger partial charge in [-0.25, -0.2) is 0 Å². The van der Waals surface area contributed by atoms with Crippen LogP contribution >= 0.6 is 20.2 Å². The molecule has 5 heteroatoms. The summed E-state index contributed by atoms with van der Waals surface area (Å²) >= 11 is 6.15. The molecule has 0 fully saturated rings. The molecule has 3 rings (SSSR count). The number of rotatable bonds is 6. The summed E-state index contributed by atoms with van der Waals surface area (Å²) in [5.74, 6) is 1.86. The Bertz CT molecular complexity index is 696. The maximum absolute atomic E-state index is 6.15. The molecular formula is C18H14ClO3P. The molecule has 0 aliphatic heterocycles. The molecule has 0 N–H and O–H groups in total. The average molecular weight is 345 g/mol. The molecule has 0 unspecified atom stereocenters. The zero-order valence-electron chi connectivity index (χ0n) is 12.1. The highest BCUT2D eigenvalue weighted by Crippen LogP contribution is 2.43. The molecule has 0 atom stereocenters. The molecule has 0 bridgehead atoms. The Balaban J connectivity index is 1.79. The van der Waals surface area contributed by atoms with Gasteiger partial charge in [0, 0.05) is 0 Å². The van der Waals surface area contributed by atoms with Crippen LogP contribution in [-0.4, -0.2) is 0 Å². The second-order valence-corrected chi connectivity index (χ2v) is 5.96. The van der Waals surface area contributed by atoms with Crippen LogP contribution in [-0.2, 0) is 0 Å². The van der Waals surface area contributed by atoms with Gasteiger partial charge in [-0.1, -0.05) is 60.1 Å². The van der Waals surface area contributed by atoms with Gasteiger partial charge < -0.3 is 13.6 Å². The van der Waals surface area contributed by atoms with Crippen LogP contribution in [0.3, 0.4) is 0 Å². The van der Waals surface area contributed by atoms with E-state index in [1.807, 2.05) is 72.8 Å². The van der Waals surface area contributed by atoms with Crippen molar-refractivity contribution < 1.29 is 13.6 Å². The molecule has 0 heterocycles. The summed E-state index contributed by atoms with van der Waals surface area (Å²) in [6.45, 7) is 0. The summed E-state index contributed by atoms with van der Waals surface area (Å²) < 4.78 is 17.5. The highest BCUT2D eigenvalue weighted by Gasteiger charge is 2.20. The lowest BCUT2D eigenvalue weighted by atomic mass is 10.3. The second-order valence-electron chi connectivity index (χ2n) is 4.55. The molecule has 3 nitrogen and oxygen atoms in total. The summed E-state index contributed by atoms with van der Waals surface area (Å²) in [6.07, 6.45) is 0. The monoisotopic (exact) mass is 344 g/mol. The van der Waals surface area contributed by atoms with Gasteiger partial charge in [-0.2, -0.15) is 0 Å². The first kappa shape index (κ1) is 15.7. The van der Waals surface area contributed by atoms with Gasteiger partial charge in [0.05, 0.1) is 5.02 Å². The van der Waals surface area contributed by atoms with Crippen LogP contribution < -0.4 is 13.6 Å². The normalized spacial score (nSPS) is 10.3. The third-order valence-corrected chi connectivity index (χ3v) is 4.23. The van der Waals surface area contributed by atoms with E-state index < -0.39 is 8.60 Å². The van der Waals surface area contributed by atoms with E-state index in [9.17, 15) is 0 Å². The van der Waals surface area contributed by atoms with E-state index in [2.05, 4.69) is 0 Å². The molecule has 0 spiro atoms. The number of benzene rings is 3. The van der Waals surface area contributed by atoms with Crippen molar-refractivity contribution in [3.8, 4) is 17.2 Å². The van der Waals surface area contributed by atoms with Gasteiger partial charge in [0.25, 0.3) is 0 Å². The van der Waals surface area contributed by atoms with E-state index >= 15 is 0 Å². The lowest BCUT2D eigenvalue weighted by molar-refractivity contribution is 0.388. The quantitative estimate of drug-likeness (QED) is 0.505. The minimum Gasteiger partial charge on any atom is -0.409 e. The van der Waals surface area contributed by atoms with Gasteiger partial charge >= 0.3 is 8.60 Å². The van der Waals surface area contributed by atoms with Gasteiger partial charge in [0.2, 0.25) is 0 Å². The number of halogens is 1. The van der Waals surface area contributed by atoms with Crippen molar-refractivity contribution in [3.05, 3.63) is 90.0 Å². The number of hydrogen-bond acceptors (Lipinski definition) is 3. The average Bonchev–Trinajstić information content (AvgIpc) is 2.59. The highest BCUT2D eigenvalue weighted by molar-refractivity contribution is 7.43. The van der Waals surface area contributed by atoms with E-state index in [0.29, 0.717) is 22.3 Å². The maximum Gasteiger partial charge on any atom is 0.530 e. The predicted octanol–water partition coefficient (Wildman–Crippen LogP) is 6.10. The van der Waals surface area contributed by atoms with Gasteiger partial charge in [-0.15, -0.1) is 0 Å². The minimum atomic E-state index is -1.69. The molecule has 0 aromatic heterocycles. The minimum absolute atomic E-state index is 0.508. The van der Waals surface area contributed by atoms with Crippen LogP contribution in [0.4, 0.5) is 0 Å². The van der Waals surface area contributed by atoms with Crippen molar-refractivity contribution in [2.75, 3.05) is 0 Å². The van der Waals surface area contributed by atoms with Crippen molar-refractivity contribution >= 4 is 20.2 Å². The van der Waals surface area contributed by atoms with Gasteiger partial charge in [-0.05, 0) is 36.4 Å². The maximum atomic E-state index is 6.15. The first-order valence-corrected chi connectivity index (χ1v) is 8.47. The van der Waals surface area contributed by atoms with E-state index in [1.54, 1.807) is 12.1 Å². The summed E-state index contributed by atoms with van der Waals surface area (Å²) in [5, 5.41) is 0.508. The molecule has 23 heavy (non-hydrogen) atoms. The number of hydrogen-bond donors (Lipinski definition) is 0. The molecule has 0 aliphatic rings. The fourth-order valence-electron chi connectivity index (χ4n) is 1.79. The third kappa shape index (κ3) is 4.62. The van der Waals surface area contributed by atoms with E-state index in [0.717, 1.165) is 0 Å². The molecule has 0 radical (unpaired) electrons. The third-order valence-electron chi connectivity index (χ3n) is 2.86. The number of para-hydroxylation sites is 3. The second kappa shape index (κ2) is 7.87. The molecule has 0 saturated carbocycles. The fraction of sp³-hybridized carbons (Fsp3) is 0. The highest BCUT2D eigenvalue weighted by atomic mass is 35.5. The fourth-order valence-corrected chi connectivity index (χ4v) is 3.04. The van der Waals surface area contributed by atoms with E-state index in [4.69, 9.17) is 25.2 Å². The van der Waals surface area contributed by atoms with E-state index in [1.165, 1.54) is 0 Å². The van der Waals surface area contributed by atoms with Gasteiger partial charge in [0.15, 0.2) is 0 Å². The molecule has 3 aromatic carbocycles. The Hall–Kier alpha value is -2.22. The van der Waals surface area contributed by atoms with Crippen molar-refractivity contribution in [1.29, 1.82) is 0 Å². The molecule has 3 aromatic rings. The Morgan fingerprint density at radius 3 is 1.57 bits per heavy atom. The summed E-state index contributed by atoms with van der Waals surface area (Å²) in [7, 11) is -1.69. The van der Waals surface area contributed by atoms with Crippen molar-refractivity contribution in [1.82, 2.24) is 0 Å². The Labute approximate surface area is 141 Å². The van der Waals surface area contributed by atoms with Crippen LogP contribution in [0.15, 0.2) is 84.9 Å². The topological polar surface area (TPSA) is 27.7 Å². The molecule has 0 saturated heterocycles. The van der Waals surface area contributed by atoms with Crippen LogP contribution in [0, 0.1) is 0 Å². The largest absolute Gasteiger partial charge is 0.530 e. The molecule has 0 amide bonds. The standard InChI is InChI=1S/C18H14ClO3P/c19-17-13-7-8-14-18(17)22-23(20-15-9-3-1-4-10-15)21-16-11-5-2-6-12-16/h1-14H. The smallest absolute Gasteiger partial charge is 0.409 e. The zero-order valence-corrected chi connectivity index (χ0v) is 13.8. The molecular weight excluding hydrogens is 331 g/mol. The molecule has 116 valence electrons. The first-order chi connectivity index (χ1) is 11.3. The van der Waals surface area contributed by atoms with Gasteiger partial charge in [0.1, 0.15) is 17.2 Å². The SMILES string of the molecule is Clc1ccccc1OP(Oc1ccccc1)Oc1ccccc1. The lowest BCUT2D eigenvalue weighted by Crippen LogP contribution is -2.02. The van der Waals surface area contributed by atoms with Gasteiger partial charge in [-0.3, -0.25) is 0 Å². The van der Waals surface area contributed by atoms with E-state index in [-0.39, 0.29) is 0 Å². The molecule has 0 aliphatic carbocycles.